The molecule has 0 fully saturated rings. The smallest absolute Gasteiger partial charge is 0.168 e. The highest BCUT2D eigenvalue weighted by atomic mass is 16.1. The van der Waals surface area contributed by atoms with Crippen LogP contribution in [0.3, 0.4) is 0 Å². The number of hydrogen-bond acceptors (Lipinski definition) is 3. The Morgan fingerprint density at radius 1 is 1.41 bits per heavy atom. The van der Waals surface area contributed by atoms with Crippen molar-refractivity contribution in [3.8, 4) is 6.07 Å². The molecule has 0 radical (unpaired) electrons. The van der Waals surface area contributed by atoms with E-state index in [0.29, 0.717) is 11.3 Å². The van der Waals surface area contributed by atoms with E-state index in [9.17, 15) is 4.79 Å². The van der Waals surface area contributed by atoms with Gasteiger partial charge in [-0.05, 0) is 24.6 Å². The van der Waals surface area contributed by atoms with E-state index < -0.39 is 0 Å². The standard InChI is InChI=1S/C13H11N3O/c1-10(16-9-15-7-13(16)8-17)12-4-2-11(6-14)3-5-12/h2-5,7-10H,1H3/t10-/m1/s1. The minimum atomic E-state index is 0.0189. The van der Waals surface area contributed by atoms with Gasteiger partial charge >= 0.3 is 0 Å². The fraction of sp³-hybridized carbons (Fsp3) is 0.154. The molecule has 4 heteroatoms. The third-order valence-electron chi connectivity index (χ3n) is 2.76. The van der Waals surface area contributed by atoms with Crippen LogP contribution in [-0.4, -0.2) is 15.8 Å². The quantitative estimate of drug-likeness (QED) is 0.752. The third kappa shape index (κ3) is 2.08. The van der Waals surface area contributed by atoms with Crippen molar-refractivity contribution in [1.29, 1.82) is 5.26 Å². The molecule has 84 valence electrons. The largest absolute Gasteiger partial charge is 0.321 e. The molecule has 1 heterocycles. The Labute approximate surface area is 99.1 Å². The number of nitriles is 1. The first-order valence-electron chi connectivity index (χ1n) is 5.23. The summed E-state index contributed by atoms with van der Waals surface area (Å²) in [4.78, 5) is 14.8. The van der Waals surface area contributed by atoms with Gasteiger partial charge < -0.3 is 4.57 Å². The summed E-state index contributed by atoms with van der Waals surface area (Å²) in [6.07, 6.45) is 3.95. The minimum Gasteiger partial charge on any atom is -0.321 e. The van der Waals surface area contributed by atoms with Crippen molar-refractivity contribution >= 4 is 6.29 Å². The summed E-state index contributed by atoms with van der Waals surface area (Å²) in [5.41, 5.74) is 2.20. The number of imidazole rings is 1. The summed E-state index contributed by atoms with van der Waals surface area (Å²) < 4.78 is 1.80. The van der Waals surface area contributed by atoms with Gasteiger partial charge in [-0.25, -0.2) is 4.98 Å². The average Bonchev–Trinajstić information content (AvgIpc) is 2.86. The van der Waals surface area contributed by atoms with Crippen molar-refractivity contribution in [2.24, 2.45) is 0 Å². The molecule has 1 aromatic heterocycles. The lowest BCUT2D eigenvalue weighted by Gasteiger charge is -2.14. The maximum atomic E-state index is 10.8. The molecular weight excluding hydrogens is 214 g/mol. The highest BCUT2D eigenvalue weighted by Gasteiger charge is 2.10. The van der Waals surface area contributed by atoms with Gasteiger partial charge in [0.2, 0.25) is 0 Å². The normalized spacial score (nSPS) is 11.8. The van der Waals surface area contributed by atoms with Crippen LogP contribution in [0.2, 0.25) is 0 Å². The first-order chi connectivity index (χ1) is 8.26. The molecule has 1 aromatic carbocycles. The lowest BCUT2D eigenvalue weighted by atomic mass is 10.1. The molecular formula is C13H11N3O. The van der Waals surface area contributed by atoms with Gasteiger partial charge in [-0.2, -0.15) is 5.26 Å². The summed E-state index contributed by atoms with van der Waals surface area (Å²) >= 11 is 0. The summed E-state index contributed by atoms with van der Waals surface area (Å²) in [6.45, 7) is 1.98. The number of benzene rings is 1. The predicted octanol–water partition coefficient (Wildman–Crippen LogP) is 2.18. The molecule has 0 unspecified atom stereocenters. The van der Waals surface area contributed by atoms with Crippen molar-refractivity contribution in [2.45, 2.75) is 13.0 Å². The van der Waals surface area contributed by atoms with E-state index in [2.05, 4.69) is 11.1 Å². The number of aromatic nitrogens is 2. The highest BCUT2D eigenvalue weighted by molar-refractivity contribution is 5.71. The van der Waals surface area contributed by atoms with Crippen molar-refractivity contribution in [3.63, 3.8) is 0 Å². The Morgan fingerprint density at radius 3 is 2.71 bits per heavy atom. The molecule has 2 aromatic rings. The Balaban J connectivity index is 2.34. The van der Waals surface area contributed by atoms with Crippen LogP contribution in [0.1, 0.15) is 34.6 Å². The van der Waals surface area contributed by atoms with Gasteiger partial charge in [0.1, 0.15) is 5.69 Å². The lowest BCUT2D eigenvalue weighted by molar-refractivity contribution is 0.111. The van der Waals surface area contributed by atoms with E-state index in [0.717, 1.165) is 11.8 Å². The predicted molar refractivity (Wildman–Crippen MR) is 62.6 cm³/mol. The Hall–Kier alpha value is -2.41. The zero-order valence-corrected chi connectivity index (χ0v) is 9.37. The maximum Gasteiger partial charge on any atom is 0.168 e. The molecule has 0 saturated heterocycles. The van der Waals surface area contributed by atoms with E-state index in [1.807, 2.05) is 19.1 Å². The molecule has 2 rings (SSSR count). The van der Waals surface area contributed by atoms with Crippen LogP contribution in [0.4, 0.5) is 0 Å². The minimum absolute atomic E-state index is 0.0189. The second kappa shape index (κ2) is 4.62. The molecule has 0 saturated carbocycles. The number of aldehydes is 1. The highest BCUT2D eigenvalue weighted by Crippen LogP contribution is 2.19. The monoisotopic (exact) mass is 225 g/mol. The molecule has 4 nitrogen and oxygen atoms in total. The number of rotatable bonds is 3. The third-order valence-corrected chi connectivity index (χ3v) is 2.76. The SMILES string of the molecule is C[C@H](c1ccc(C#N)cc1)n1cncc1C=O. The van der Waals surface area contributed by atoms with Gasteiger partial charge in [0.05, 0.1) is 30.2 Å². The molecule has 0 aliphatic carbocycles. The number of nitrogens with zero attached hydrogens (tertiary/aromatic N) is 3. The topological polar surface area (TPSA) is 58.7 Å². The molecule has 0 spiro atoms. The summed E-state index contributed by atoms with van der Waals surface area (Å²) in [5.74, 6) is 0. The molecule has 0 aliphatic rings. The van der Waals surface area contributed by atoms with Gasteiger partial charge in [-0.1, -0.05) is 12.1 Å². The van der Waals surface area contributed by atoms with Gasteiger partial charge in [0.15, 0.2) is 6.29 Å². The second-order valence-electron chi connectivity index (χ2n) is 3.75. The molecule has 0 amide bonds. The van der Waals surface area contributed by atoms with Gasteiger partial charge in [-0.15, -0.1) is 0 Å². The van der Waals surface area contributed by atoms with Crippen LogP contribution in [0.15, 0.2) is 36.8 Å². The first-order valence-corrected chi connectivity index (χ1v) is 5.23. The number of carbonyl (C=O) groups excluding carboxylic acids is 1. The number of hydrogen-bond donors (Lipinski definition) is 0. The van der Waals surface area contributed by atoms with Crippen LogP contribution >= 0.6 is 0 Å². The first kappa shape index (κ1) is 11.1. The van der Waals surface area contributed by atoms with Crippen LogP contribution in [0, 0.1) is 11.3 Å². The lowest BCUT2D eigenvalue weighted by Crippen LogP contribution is -2.08. The molecule has 0 bridgehead atoms. The van der Waals surface area contributed by atoms with Crippen LogP contribution in [0.25, 0.3) is 0 Å². The Kier molecular flexibility index (Phi) is 3.01. The molecule has 1 atom stereocenters. The van der Waals surface area contributed by atoms with Crippen LogP contribution in [-0.2, 0) is 0 Å². The molecule has 0 N–H and O–H groups in total. The van der Waals surface area contributed by atoms with Crippen LogP contribution in [0.5, 0.6) is 0 Å². The van der Waals surface area contributed by atoms with Crippen molar-refractivity contribution in [3.05, 3.63) is 53.6 Å². The summed E-state index contributed by atoms with van der Waals surface area (Å²) in [5, 5.41) is 8.72. The van der Waals surface area contributed by atoms with Gasteiger partial charge in [-0.3, -0.25) is 4.79 Å². The zero-order valence-electron chi connectivity index (χ0n) is 9.37. The van der Waals surface area contributed by atoms with Gasteiger partial charge in [0, 0.05) is 0 Å². The zero-order chi connectivity index (χ0) is 12.3. The van der Waals surface area contributed by atoms with E-state index in [1.165, 1.54) is 6.20 Å². The Bertz CT molecular complexity index is 563. The number of carbonyl (C=O) groups is 1. The van der Waals surface area contributed by atoms with E-state index >= 15 is 0 Å². The summed E-state index contributed by atoms with van der Waals surface area (Å²) in [7, 11) is 0. The van der Waals surface area contributed by atoms with Crippen molar-refractivity contribution in [2.75, 3.05) is 0 Å². The van der Waals surface area contributed by atoms with E-state index in [4.69, 9.17) is 5.26 Å². The van der Waals surface area contributed by atoms with Gasteiger partial charge in [0.25, 0.3) is 0 Å². The van der Waals surface area contributed by atoms with E-state index in [-0.39, 0.29) is 6.04 Å². The van der Waals surface area contributed by atoms with Crippen molar-refractivity contribution < 1.29 is 4.79 Å². The maximum absolute atomic E-state index is 10.8. The average molecular weight is 225 g/mol. The van der Waals surface area contributed by atoms with Crippen molar-refractivity contribution in [1.82, 2.24) is 9.55 Å². The fourth-order valence-electron chi connectivity index (χ4n) is 1.73. The fourth-order valence-corrected chi connectivity index (χ4v) is 1.73. The second-order valence-corrected chi connectivity index (χ2v) is 3.75. The molecule has 0 aliphatic heterocycles. The summed E-state index contributed by atoms with van der Waals surface area (Å²) in [6, 6.07) is 9.40. The Morgan fingerprint density at radius 2 is 2.12 bits per heavy atom. The van der Waals surface area contributed by atoms with Crippen LogP contribution < -0.4 is 0 Å². The molecule has 17 heavy (non-hydrogen) atoms. The van der Waals surface area contributed by atoms with E-state index in [1.54, 1.807) is 23.0 Å².